The topological polar surface area (TPSA) is 64.6 Å². The van der Waals surface area contributed by atoms with Crippen molar-refractivity contribution in [3.8, 4) is 0 Å². The lowest BCUT2D eigenvalue weighted by molar-refractivity contribution is -0.145. The number of hydrogen-bond donors (Lipinski definition) is 1. The molecular weight excluding hydrogens is 282 g/mol. The quantitative estimate of drug-likeness (QED) is 0.409. The maximum absolute atomic E-state index is 11.7. The van der Waals surface area contributed by atoms with Crippen LogP contribution in [0.25, 0.3) is 0 Å². The Balaban J connectivity index is 3.55. The van der Waals surface area contributed by atoms with Gasteiger partial charge in [-0.05, 0) is 19.8 Å². The summed E-state index contributed by atoms with van der Waals surface area (Å²) in [5, 5.41) is 2.48. The highest BCUT2D eigenvalue weighted by atomic mass is 16.6. The van der Waals surface area contributed by atoms with Gasteiger partial charge in [0.05, 0.1) is 13.2 Å². The molecule has 1 atom stereocenters. The lowest BCUT2D eigenvalue weighted by atomic mass is 10.1. The number of unbranched alkanes of at least 4 members (excludes halogenated alkanes) is 7. The summed E-state index contributed by atoms with van der Waals surface area (Å²) in [7, 11) is 0. The Hall–Kier alpha value is -1.26. The molecule has 1 unspecified atom stereocenters. The molecule has 0 bridgehead atoms. The second-order valence-corrected chi connectivity index (χ2v) is 5.64. The average molecular weight is 315 g/mol. The Kier molecular flexibility index (Phi) is 13.8. The molecule has 22 heavy (non-hydrogen) atoms. The van der Waals surface area contributed by atoms with Gasteiger partial charge in [0, 0.05) is 0 Å². The van der Waals surface area contributed by atoms with Gasteiger partial charge >= 0.3 is 12.1 Å². The minimum atomic E-state index is -0.668. The van der Waals surface area contributed by atoms with E-state index >= 15 is 0 Å². The highest BCUT2D eigenvalue weighted by Gasteiger charge is 2.17. The summed E-state index contributed by atoms with van der Waals surface area (Å²) in [6.07, 6.45) is 9.47. The summed E-state index contributed by atoms with van der Waals surface area (Å²) < 4.78 is 10.1. The third-order valence-corrected chi connectivity index (χ3v) is 3.41. The number of carbonyl (C=O) groups is 2. The normalized spacial score (nSPS) is 11.8. The number of esters is 1. The van der Waals surface area contributed by atoms with Crippen molar-refractivity contribution in [2.24, 2.45) is 0 Å². The van der Waals surface area contributed by atoms with Crippen molar-refractivity contribution in [3.63, 3.8) is 0 Å². The fourth-order valence-electron chi connectivity index (χ4n) is 1.94. The maximum Gasteiger partial charge on any atom is 0.407 e. The molecule has 0 heterocycles. The van der Waals surface area contributed by atoms with Gasteiger partial charge in [0.15, 0.2) is 0 Å². The van der Waals surface area contributed by atoms with Gasteiger partial charge in [-0.2, -0.15) is 0 Å². The van der Waals surface area contributed by atoms with Crippen LogP contribution in [0.5, 0.6) is 0 Å². The van der Waals surface area contributed by atoms with Gasteiger partial charge in [-0.3, -0.25) is 0 Å². The molecule has 0 spiro atoms. The number of nitrogens with one attached hydrogen (secondary N) is 1. The Morgan fingerprint density at radius 2 is 1.36 bits per heavy atom. The van der Waals surface area contributed by atoms with Crippen LogP contribution in [0.15, 0.2) is 0 Å². The van der Waals surface area contributed by atoms with E-state index in [1.165, 1.54) is 32.1 Å². The first kappa shape index (κ1) is 20.7. The predicted octanol–water partition coefficient (Wildman–Crippen LogP) is 4.20. The Morgan fingerprint density at radius 1 is 0.818 bits per heavy atom. The van der Waals surface area contributed by atoms with E-state index in [4.69, 9.17) is 9.47 Å². The van der Waals surface area contributed by atoms with E-state index < -0.39 is 18.1 Å². The van der Waals surface area contributed by atoms with Gasteiger partial charge in [-0.25, -0.2) is 9.59 Å². The highest BCUT2D eigenvalue weighted by molar-refractivity contribution is 5.80. The zero-order valence-electron chi connectivity index (χ0n) is 14.5. The van der Waals surface area contributed by atoms with Crippen LogP contribution in [-0.2, 0) is 14.3 Å². The van der Waals surface area contributed by atoms with Crippen molar-refractivity contribution in [2.45, 2.75) is 84.6 Å². The molecule has 0 saturated heterocycles. The van der Waals surface area contributed by atoms with Gasteiger partial charge in [0.25, 0.3) is 0 Å². The van der Waals surface area contributed by atoms with Crippen LogP contribution in [-0.4, -0.2) is 31.3 Å². The van der Waals surface area contributed by atoms with E-state index in [1.807, 2.05) is 6.92 Å². The highest BCUT2D eigenvalue weighted by Crippen LogP contribution is 2.07. The monoisotopic (exact) mass is 315 g/mol. The molecule has 5 heteroatoms. The van der Waals surface area contributed by atoms with E-state index in [0.717, 1.165) is 25.7 Å². The van der Waals surface area contributed by atoms with Crippen molar-refractivity contribution < 1.29 is 19.1 Å². The predicted molar refractivity (Wildman–Crippen MR) is 87.8 cm³/mol. The smallest absolute Gasteiger partial charge is 0.407 e. The summed E-state index contributed by atoms with van der Waals surface area (Å²) in [5.74, 6) is -0.404. The molecule has 0 aromatic carbocycles. The fraction of sp³-hybridized carbons (Fsp3) is 0.882. The first-order valence-electron chi connectivity index (χ1n) is 8.71. The Bertz CT molecular complexity index is 294. The molecule has 0 fully saturated rings. The number of amides is 1. The number of ether oxygens (including phenoxy) is 2. The van der Waals surface area contributed by atoms with Gasteiger partial charge in [-0.1, -0.05) is 58.8 Å². The van der Waals surface area contributed by atoms with Crippen molar-refractivity contribution in [1.82, 2.24) is 5.32 Å². The standard InChI is InChI=1S/C17H33NO4/c1-4-6-8-9-10-11-12-14-21-16(19)15(3)18-17(20)22-13-7-5-2/h15H,4-14H2,1-3H3,(H,18,20). The first-order valence-corrected chi connectivity index (χ1v) is 8.71. The zero-order chi connectivity index (χ0) is 16.6. The van der Waals surface area contributed by atoms with Crippen LogP contribution < -0.4 is 5.32 Å². The second-order valence-electron chi connectivity index (χ2n) is 5.64. The summed E-state index contributed by atoms with van der Waals surface area (Å²) in [5.41, 5.74) is 0. The number of carbonyl (C=O) groups excluding carboxylic acids is 2. The molecule has 0 radical (unpaired) electrons. The molecule has 5 nitrogen and oxygen atoms in total. The van der Waals surface area contributed by atoms with Crippen LogP contribution in [0.2, 0.25) is 0 Å². The average Bonchev–Trinajstić information content (AvgIpc) is 2.49. The molecule has 0 rings (SSSR count). The molecule has 1 N–H and O–H groups in total. The third-order valence-electron chi connectivity index (χ3n) is 3.41. The Labute approximate surface area is 135 Å². The summed E-state index contributed by atoms with van der Waals surface area (Å²) >= 11 is 0. The molecule has 1 amide bonds. The molecule has 0 aliphatic heterocycles. The first-order chi connectivity index (χ1) is 10.6. The van der Waals surface area contributed by atoms with Crippen LogP contribution in [0.1, 0.15) is 78.6 Å². The van der Waals surface area contributed by atoms with Crippen LogP contribution >= 0.6 is 0 Å². The number of alkyl carbamates (subject to hydrolysis) is 1. The molecular formula is C17H33NO4. The van der Waals surface area contributed by atoms with Crippen molar-refractivity contribution >= 4 is 12.1 Å². The van der Waals surface area contributed by atoms with E-state index in [0.29, 0.717) is 13.2 Å². The van der Waals surface area contributed by atoms with Gasteiger partial charge in [-0.15, -0.1) is 0 Å². The van der Waals surface area contributed by atoms with E-state index in [1.54, 1.807) is 6.92 Å². The largest absolute Gasteiger partial charge is 0.464 e. The van der Waals surface area contributed by atoms with E-state index in [2.05, 4.69) is 12.2 Å². The maximum atomic E-state index is 11.7. The van der Waals surface area contributed by atoms with Gasteiger partial charge in [0.2, 0.25) is 0 Å². The van der Waals surface area contributed by atoms with E-state index in [-0.39, 0.29) is 0 Å². The van der Waals surface area contributed by atoms with Crippen LogP contribution in [0, 0.1) is 0 Å². The van der Waals surface area contributed by atoms with Crippen LogP contribution in [0.3, 0.4) is 0 Å². The minimum absolute atomic E-state index is 0.377. The molecule has 0 saturated carbocycles. The lowest BCUT2D eigenvalue weighted by Gasteiger charge is -2.13. The summed E-state index contributed by atoms with van der Waals surface area (Å²) in [4.78, 5) is 23.1. The summed E-state index contributed by atoms with van der Waals surface area (Å²) in [6, 6.07) is -0.668. The second kappa shape index (κ2) is 14.7. The number of hydrogen-bond acceptors (Lipinski definition) is 4. The zero-order valence-corrected chi connectivity index (χ0v) is 14.5. The molecule has 0 aliphatic rings. The van der Waals surface area contributed by atoms with Crippen molar-refractivity contribution in [1.29, 1.82) is 0 Å². The molecule has 0 aliphatic carbocycles. The fourth-order valence-corrected chi connectivity index (χ4v) is 1.94. The lowest BCUT2D eigenvalue weighted by Crippen LogP contribution is -2.40. The minimum Gasteiger partial charge on any atom is -0.464 e. The van der Waals surface area contributed by atoms with Crippen LogP contribution in [0.4, 0.5) is 4.79 Å². The third kappa shape index (κ3) is 12.5. The number of rotatable bonds is 13. The molecule has 0 aromatic rings. The SMILES string of the molecule is CCCCCCCCCOC(=O)C(C)NC(=O)OCCCC. The van der Waals surface area contributed by atoms with Gasteiger partial charge < -0.3 is 14.8 Å². The van der Waals surface area contributed by atoms with E-state index in [9.17, 15) is 9.59 Å². The van der Waals surface area contributed by atoms with Crippen molar-refractivity contribution in [2.75, 3.05) is 13.2 Å². The van der Waals surface area contributed by atoms with Gasteiger partial charge in [0.1, 0.15) is 6.04 Å². The Morgan fingerprint density at radius 3 is 2.00 bits per heavy atom. The molecule has 130 valence electrons. The summed E-state index contributed by atoms with van der Waals surface area (Å²) in [6.45, 7) is 6.62. The molecule has 0 aromatic heterocycles. The van der Waals surface area contributed by atoms with Crippen molar-refractivity contribution in [3.05, 3.63) is 0 Å².